The van der Waals surface area contributed by atoms with Crippen LogP contribution < -0.4 is 0 Å². The molecule has 0 saturated heterocycles. The Morgan fingerprint density at radius 3 is 0.817 bits per heavy atom. The van der Waals surface area contributed by atoms with Crippen molar-refractivity contribution in [3.05, 3.63) is 0 Å². The van der Waals surface area contributed by atoms with Crippen LogP contribution in [0.3, 0.4) is 0 Å². The average Bonchev–Trinajstić information content (AvgIpc) is 2.78. The van der Waals surface area contributed by atoms with Crippen LogP contribution in [0.5, 0.6) is 0 Å². The second-order valence-corrected chi connectivity index (χ2v) is 30.6. The summed E-state index contributed by atoms with van der Waals surface area (Å²) in [6, 6.07) is 0. The van der Waals surface area contributed by atoms with Gasteiger partial charge >= 0.3 is 39.5 Å². The molecular formula is C74H144O17P2. The fraction of sp³-hybridized carbons (Fsp3) is 0.946. The molecule has 17 nitrogen and oxygen atoms in total. The summed E-state index contributed by atoms with van der Waals surface area (Å²) in [5.41, 5.74) is 0. The highest BCUT2D eigenvalue weighted by molar-refractivity contribution is 7.47. The van der Waals surface area contributed by atoms with E-state index >= 15 is 0 Å². The van der Waals surface area contributed by atoms with Crippen molar-refractivity contribution < 1.29 is 80.2 Å². The highest BCUT2D eigenvalue weighted by Crippen LogP contribution is 2.45. The molecule has 552 valence electrons. The van der Waals surface area contributed by atoms with Gasteiger partial charge in [-0.2, -0.15) is 0 Å². The van der Waals surface area contributed by atoms with Crippen LogP contribution in [0.4, 0.5) is 0 Å². The van der Waals surface area contributed by atoms with E-state index in [1.165, 1.54) is 180 Å². The molecule has 0 aromatic heterocycles. The number of carbonyl (C=O) groups excluding carboxylic acids is 4. The van der Waals surface area contributed by atoms with Crippen molar-refractivity contribution in [2.24, 2.45) is 17.8 Å². The van der Waals surface area contributed by atoms with E-state index < -0.39 is 97.5 Å². The second kappa shape index (κ2) is 64.7. The molecule has 93 heavy (non-hydrogen) atoms. The van der Waals surface area contributed by atoms with Gasteiger partial charge in [-0.15, -0.1) is 0 Å². The number of rotatable bonds is 72. The van der Waals surface area contributed by atoms with Crippen LogP contribution in [0.2, 0.25) is 0 Å². The largest absolute Gasteiger partial charge is 0.472 e. The number of hydrogen-bond donors (Lipinski definition) is 3. The fourth-order valence-electron chi connectivity index (χ4n) is 11.2. The molecule has 0 aromatic carbocycles. The maximum Gasteiger partial charge on any atom is 0.472 e. The van der Waals surface area contributed by atoms with Gasteiger partial charge in [-0.3, -0.25) is 37.3 Å². The van der Waals surface area contributed by atoms with Gasteiger partial charge < -0.3 is 33.8 Å². The van der Waals surface area contributed by atoms with Crippen molar-refractivity contribution >= 4 is 39.5 Å². The van der Waals surface area contributed by atoms with Crippen LogP contribution in [0.25, 0.3) is 0 Å². The molecule has 7 atom stereocenters. The SMILES string of the molecule is CCCCCCCCCCC(=O)OC[C@H](COP(=O)(O)OC[C@H](O)COP(=O)(O)OC[C@@H](COC(=O)CCCCCCCCCCCCCCCCC(C)CC)OC(=O)CCCCCCCCCCCCCCCCC(C)CC)OC(=O)CCCCCCCCC(C)C. The molecular weight excluding hydrogens is 1220 g/mol. The van der Waals surface area contributed by atoms with E-state index in [2.05, 4.69) is 48.5 Å². The van der Waals surface area contributed by atoms with Crippen molar-refractivity contribution in [3.63, 3.8) is 0 Å². The molecule has 0 aliphatic rings. The first kappa shape index (κ1) is 91.1. The molecule has 0 aromatic rings. The van der Waals surface area contributed by atoms with Crippen molar-refractivity contribution in [2.45, 2.75) is 394 Å². The Morgan fingerprint density at radius 2 is 0.548 bits per heavy atom. The smallest absolute Gasteiger partial charge is 0.462 e. The van der Waals surface area contributed by atoms with Gasteiger partial charge in [0.05, 0.1) is 26.4 Å². The van der Waals surface area contributed by atoms with Crippen LogP contribution in [-0.2, 0) is 65.4 Å². The molecule has 0 rings (SSSR count). The molecule has 0 bridgehead atoms. The summed E-state index contributed by atoms with van der Waals surface area (Å²) in [5, 5.41) is 10.6. The van der Waals surface area contributed by atoms with Gasteiger partial charge in [0.15, 0.2) is 12.2 Å². The summed E-state index contributed by atoms with van der Waals surface area (Å²) in [7, 11) is -9.90. The lowest BCUT2D eigenvalue weighted by atomic mass is 9.99. The minimum absolute atomic E-state index is 0.102. The topological polar surface area (TPSA) is 237 Å². The Kier molecular flexibility index (Phi) is 63.4. The normalized spacial score (nSPS) is 14.7. The molecule has 0 fully saturated rings. The molecule has 0 saturated carbocycles. The van der Waals surface area contributed by atoms with E-state index in [1.54, 1.807) is 0 Å². The van der Waals surface area contributed by atoms with Gasteiger partial charge in [0.25, 0.3) is 0 Å². The van der Waals surface area contributed by atoms with Crippen molar-refractivity contribution in [1.82, 2.24) is 0 Å². The Bertz CT molecular complexity index is 1820. The van der Waals surface area contributed by atoms with E-state index in [0.717, 1.165) is 108 Å². The summed E-state index contributed by atoms with van der Waals surface area (Å²) in [6.45, 7) is 11.9. The minimum atomic E-state index is -4.96. The lowest BCUT2D eigenvalue weighted by Crippen LogP contribution is -2.30. The van der Waals surface area contributed by atoms with Gasteiger partial charge in [-0.05, 0) is 43.4 Å². The van der Waals surface area contributed by atoms with Crippen molar-refractivity contribution in [1.29, 1.82) is 0 Å². The molecule has 0 aliphatic heterocycles. The van der Waals surface area contributed by atoms with Gasteiger partial charge in [-0.25, -0.2) is 9.13 Å². The predicted octanol–water partition coefficient (Wildman–Crippen LogP) is 21.4. The summed E-state index contributed by atoms with van der Waals surface area (Å²) in [5.74, 6) is 0.238. The highest BCUT2D eigenvalue weighted by Gasteiger charge is 2.30. The van der Waals surface area contributed by atoms with E-state index in [4.69, 9.17) is 37.0 Å². The quantitative estimate of drug-likeness (QED) is 0.0222. The molecule has 19 heteroatoms. The third-order valence-corrected chi connectivity index (χ3v) is 19.8. The van der Waals surface area contributed by atoms with E-state index in [-0.39, 0.29) is 25.7 Å². The zero-order valence-corrected chi connectivity index (χ0v) is 62.5. The summed E-state index contributed by atoms with van der Waals surface area (Å²) in [6.07, 6.45) is 50.1. The van der Waals surface area contributed by atoms with Crippen molar-refractivity contribution in [2.75, 3.05) is 39.6 Å². The minimum Gasteiger partial charge on any atom is -0.462 e. The first-order valence-corrected chi connectivity index (χ1v) is 41.4. The number of phosphoric ester groups is 2. The van der Waals surface area contributed by atoms with Crippen LogP contribution in [-0.4, -0.2) is 96.7 Å². The van der Waals surface area contributed by atoms with Crippen molar-refractivity contribution in [3.8, 4) is 0 Å². The molecule has 0 heterocycles. The summed E-state index contributed by atoms with van der Waals surface area (Å²) >= 11 is 0. The Hall–Kier alpha value is -1.94. The third-order valence-electron chi connectivity index (χ3n) is 17.9. The molecule has 0 spiro atoms. The Morgan fingerprint density at radius 1 is 0.312 bits per heavy atom. The zero-order valence-electron chi connectivity index (χ0n) is 60.7. The number of carbonyl (C=O) groups is 4. The van der Waals surface area contributed by atoms with Crippen LogP contribution in [0, 0.1) is 17.8 Å². The Balaban J connectivity index is 5.19. The van der Waals surface area contributed by atoms with Crippen LogP contribution in [0.15, 0.2) is 0 Å². The number of aliphatic hydroxyl groups is 1. The Labute approximate surface area is 568 Å². The average molecular weight is 1370 g/mol. The molecule has 3 N–H and O–H groups in total. The van der Waals surface area contributed by atoms with E-state index in [9.17, 15) is 43.2 Å². The van der Waals surface area contributed by atoms with Gasteiger partial charge in [0, 0.05) is 25.7 Å². The lowest BCUT2D eigenvalue weighted by Gasteiger charge is -2.21. The van der Waals surface area contributed by atoms with Gasteiger partial charge in [0.2, 0.25) is 0 Å². The summed E-state index contributed by atoms with van der Waals surface area (Å²) < 4.78 is 68.3. The fourth-order valence-corrected chi connectivity index (χ4v) is 12.8. The van der Waals surface area contributed by atoms with E-state index in [0.29, 0.717) is 31.6 Å². The number of aliphatic hydroxyl groups excluding tert-OH is 1. The van der Waals surface area contributed by atoms with E-state index in [1.807, 2.05) is 0 Å². The number of esters is 4. The third kappa shape index (κ3) is 65.8. The van der Waals surface area contributed by atoms with Crippen LogP contribution in [0.1, 0.15) is 376 Å². The monoisotopic (exact) mass is 1370 g/mol. The molecule has 4 unspecified atom stereocenters. The molecule has 0 radical (unpaired) electrons. The summed E-state index contributed by atoms with van der Waals surface area (Å²) in [4.78, 5) is 72.6. The first-order chi connectivity index (χ1) is 44.8. The van der Waals surface area contributed by atoms with Crippen LogP contribution >= 0.6 is 15.6 Å². The molecule has 0 amide bonds. The number of hydrogen-bond acceptors (Lipinski definition) is 15. The molecule has 0 aliphatic carbocycles. The second-order valence-electron chi connectivity index (χ2n) is 27.6. The first-order valence-electron chi connectivity index (χ1n) is 38.4. The standard InChI is InChI=1S/C74H144O17P2/c1-8-11-12-13-14-33-41-48-55-71(76)84-62-70(91-74(79)58-51-44-37-36-38-45-52-65(4)5)64-89-93(82,83)87-60-68(75)59-86-92(80,81)88-63-69(90-73(78)57-50-43-35-30-26-22-18-16-20-24-28-32-40-47-54-67(7)10-3)61-85-72(77)56-49-42-34-29-25-21-17-15-19-23-27-31-39-46-53-66(6)9-2/h65-70,75H,8-64H2,1-7H3,(H,80,81)(H,82,83)/t66?,67?,68-,69-,70-/m1/s1. The lowest BCUT2D eigenvalue weighted by molar-refractivity contribution is -0.161. The number of phosphoric acid groups is 2. The van der Waals surface area contributed by atoms with Gasteiger partial charge in [-0.1, -0.05) is 325 Å². The number of ether oxygens (including phenoxy) is 4. The predicted molar refractivity (Wildman–Crippen MR) is 377 cm³/mol. The van der Waals surface area contributed by atoms with Gasteiger partial charge in [0.1, 0.15) is 19.3 Å². The maximum atomic E-state index is 13.1. The highest BCUT2D eigenvalue weighted by atomic mass is 31.2. The maximum absolute atomic E-state index is 13.1. The number of unbranched alkanes of at least 4 members (excludes halogenated alkanes) is 38. The zero-order chi connectivity index (χ0) is 68.7.